The molecule has 0 heterocycles. The average molecular weight is 208 g/mol. The molecule has 0 aliphatic heterocycles. The number of rotatable bonds is 5. The maximum absolute atomic E-state index is 8.75. The molecular weight excluding hydrogens is 188 g/mol. The van der Waals surface area contributed by atoms with Crippen LogP contribution >= 0.6 is 0 Å². The van der Waals surface area contributed by atoms with Crippen molar-refractivity contribution in [2.24, 2.45) is 0 Å². The Morgan fingerprint density at radius 3 is 2.53 bits per heavy atom. The number of methoxy groups -OCH3 is 1. The van der Waals surface area contributed by atoms with Crippen molar-refractivity contribution in [3.8, 4) is 5.75 Å². The molecule has 0 aliphatic rings. The van der Waals surface area contributed by atoms with Gasteiger partial charge in [-0.25, -0.2) is 0 Å². The Bertz CT molecular complexity index is 319. The Kier molecular flexibility index (Phi) is 4.63. The summed E-state index contributed by atoms with van der Waals surface area (Å²) < 4.78 is 5.38. The van der Waals surface area contributed by atoms with E-state index < -0.39 is 0 Å². The Morgan fingerprint density at radius 2 is 1.93 bits per heavy atom. The molecule has 0 saturated heterocycles. The van der Waals surface area contributed by atoms with Gasteiger partial charge in [0.2, 0.25) is 0 Å². The van der Waals surface area contributed by atoms with Crippen molar-refractivity contribution in [3.63, 3.8) is 0 Å². The predicted octanol–water partition coefficient (Wildman–Crippen LogP) is 2.63. The van der Waals surface area contributed by atoms with Crippen molar-refractivity contribution >= 4 is 0 Å². The number of unbranched alkanes of at least 4 members (excludes halogenated alkanes) is 1. The zero-order chi connectivity index (χ0) is 11.3. The van der Waals surface area contributed by atoms with Gasteiger partial charge in [0.15, 0.2) is 0 Å². The lowest BCUT2D eigenvalue weighted by molar-refractivity contribution is 0.284. The van der Waals surface area contributed by atoms with Gasteiger partial charge in [0.25, 0.3) is 0 Å². The average Bonchev–Trinajstić information content (AvgIpc) is 2.20. The van der Waals surface area contributed by atoms with E-state index in [0.717, 1.165) is 25.0 Å². The molecule has 1 aromatic carbocycles. The first-order valence-electron chi connectivity index (χ1n) is 5.44. The van der Waals surface area contributed by atoms with Crippen LogP contribution in [0.3, 0.4) is 0 Å². The largest absolute Gasteiger partial charge is 0.496 e. The van der Waals surface area contributed by atoms with E-state index in [1.807, 2.05) is 0 Å². The summed E-state index contributed by atoms with van der Waals surface area (Å²) in [5, 5.41) is 8.75. The van der Waals surface area contributed by atoms with E-state index in [4.69, 9.17) is 9.84 Å². The van der Waals surface area contributed by atoms with Crippen LogP contribution in [-0.2, 0) is 6.42 Å². The van der Waals surface area contributed by atoms with E-state index in [2.05, 4.69) is 26.0 Å². The van der Waals surface area contributed by atoms with Crippen molar-refractivity contribution in [2.45, 2.75) is 33.1 Å². The summed E-state index contributed by atoms with van der Waals surface area (Å²) in [5.41, 5.74) is 3.79. The second-order valence-electron chi connectivity index (χ2n) is 3.94. The van der Waals surface area contributed by atoms with Crippen LogP contribution in [0.4, 0.5) is 0 Å². The van der Waals surface area contributed by atoms with Crippen molar-refractivity contribution in [2.75, 3.05) is 13.7 Å². The summed E-state index contributed by atoms with van der Waals surface area (Å²) in [6.07, 6.45) is 2.85. The van der Waals surface area contributed by atoms with Crippen LogP contribution in [0, 0.1) is 13.8 Å². The van der Waals surface area contributed by atoms with Crippen LogP contribution < -0.4 is 4.74 Å². The Balaban J connectivity index is 2.84. The number of hydrogen-bond acceptors (Lipinski definition) is 2. The van der Waals surface area contributed by atoms with Gasteiger partial charge in [-0.2, -0.15) is 0 Å². The molecular formula is C13H20O2. The second-order valence-corrected chi connectivity index (χ2v) is 3.94. The molecule has 0 unspecified atom stereocenters. The minimum absolute atomic E-state index is 0.271. The molecule has 0 saturated carbocycles. The molecule has 0 bridgehead atoms. The number of aryl methyl sites for hydroxylation is 2. The summed E-state index contributed by atoms with van der Waals surface area (Å²) >= 11 is 0. The summed E-state index contributed by atoms with van der Waals surface area (Å²) in [6.45, 7) is 4.46. The normalized spacial score (nSPS) is 10.4. The first-order chi connectivity index (χ1) is 7.19. The maximum atomic E-state index is 8.75. The summed E-state index contributed by atoms with van der Waals surface area (Å²) in [4.78, 5) is 0. The molecule has 15 heavy (non-hydrogen) atoms. The van der Waals surface area contributed by atoms with Gasteiger partial charge in [0, 0.05) is 6.61 Å². The molecule has 84 valence electrons. The number of aliphatic hydroxyl groups excluding tert-OH is 1. The molecule has 0 fully saturated rings. The summed E-state index contributed by atoms with van der Waals surface area (Å²) in [6, 6.07) is 4.25. The zero-order valence-corrected chi connectivity index (χ0v) is 9.84. The van der Waals surface area contributed by atoms with E-state index in [9.17, 15) is 0 Å². The Hall–Kier alpha value is -1.02. The maximum Gasteiger partial charge on any atom is 0.122 e. The molecule has 1 aromatic rings. The first-order valence-corrected chi connectivity index (χ1v) is 5.44. The standard InChI is InChI=1S/C13H20O2/c1-10-8-11(2)12(6-4-5-7-14)13(9-10)15-3/h8-9,14H,4-7H2,1-3H3. The fourth-order valence-corrected chi connectivity index (χ4v) is 1.87. The summed E-state index contributed by atoms with van der Waals surface area (Å²) in [7, 11) is 1.71. The van der Waals surface area contributed by atoms with Crippen LogP contribution in [0.1, 0.15) is 29.5 Å². The molecule has 2 heteroatoms. The molecule has 0 spiro atoms. The van der Waals surface area contributed by atoms with E-state index >= 15 is 0 Å². The highest BCUT2D eigenvalue weighted by atomic mass is 16.5. The highest BCUT2D eigenvalue weighted by Crippen LogP contribution is 2.25. The van der Waals surface area contributed by atoms with Crippen LogP contribution in [0.5, 0.6) is 5.75 Å². The highest BCUT2D eigenvalue weighted by Gasteiger charge is 2.06. The van der Waals surface area contributed by atoms with Crippen molar-refractivity contribution in [3.05, 3.63) is 28.8 Å². The van der Waals surface area contributed by atoms with Crippen LogP contribution in [-0.4, -0.2) is 18.8 Å². The SMILES string of the molecule is COc1cc(C)cc(C)c1CCCCO. The van der Waals surface area contributed by atoms with Crippen LogP contribution in [0.15, 0.2) is 12.1 Å². The van der Waals surface area contributed by atoms with E-state index in [1.165, 1.54) is 16.7 Å². The fraction of sp³-hybridized carbons (Fsp3) is 0.538. The third-order valence-electron chi connectivity index (χ3n) is 2.63. The molecule has 0 amide bonds. The topological polar surface area (TPSA) is 29.5 Å². The van der Waals surface area contributed by atoms with Crippen LogP contribution in [0.2, 0.25) is 0 Å². The molecule has 1 rings (SSSR count). The third-order valence-corrected chi connectivity index (χ3v) is 2.63. The van der Waals surface area contributed by atoms with Crippen molar-refractivity contribution in [1.82, 2.24) is 0 Å². The van der Waals surface area contributed by atoms with Gasteiger partial charge >= 0.3 is 0 Å². The second kappa shape index (κ2) is 5.76. The number of aliphatic hydroxyl groups is 1. The smallest absolute Gasteiger partial charge is 0.122 e. The van der Waals surface area contributed by atoms with Crippen molar-refractivity contribution < 1.29 is 9.84 Å². The van der Waals surface area contributed by atoms with Gasteiger partial charge < -0.3 is 9.84 Å². The third kappa shape index (κ3) is 3.24. The monoisotopic (exact) mass is 208 g/mol. The van der Waals surface area contributed by atoms with Gasteiger partial charge in [0.05, 0.1) is 7.11 Å². The van der Waals surface area contributed by atoms with Crippen molar-refractivity contribution in [1.29, 1.82) is 0 Å². The number of hydrogen-bond donors (Lipinski definition) is 1. The lowest BCUT2D eigenvalue weighted by Gasteiger charge is -2.12. The van der Waals surface area contributed by atoms with Gasteiger partial charge in [-0.05, 0) is 55.9 Å². The molecule has 0 aliphatic carbocycles. The lowest BCUT2D eigenvalue weighted by Crippen LogP contribution is -1.97. The highest BCUT2D eigenvalue weighted by molar-refractivity contribution is 5.43. The molecule has 0 radical (unpaired) electrons. The first kappa shape index (κ1) is 12.1. The number of benzene rings is 1. The fourth-order valence-electron chi connectivity index (χ4n) is 1.87. The molecule has 0 atom stereocenters. The van der Waals surface area contributed by atoms with E-state index in [0.29, 0.717) is 0 Å². The molecule has 0 aromatic heterocycles. The van der Waals surface area contributed by atoms with E-state index in [1.54, 1.807) is 7.11 Å². The Labute approximate surface area is 91.9 Å². The van der Waals surface area contributed by atoms with Gasteiger partial charge in [-0.3, -0.25) is 0 Å². The Morgan fingerprint density at radius 1 is 1.20 bits per heavy atom. The minimum atomic E-state index is 0.271. The predicted molar refractivity (Wildman–Crippen MR) is 62.5 cm³/mol. The number of ether oxygens (including phenoxy) is 1. The van der Waals surface area contributed by atoms with Gasteiger partial charge in [-0.1, -0.05) is 6.07 Å². The van der Waals surface area contributed by atoms with Gasteiger partial charge in [-0.15, -0.1) is 0 Å². The van der Waals surface area contributed by atoms with Crippen LogP contribution in [0.25, 0.3) is 0 Å². The molecule has 1 N–H and O–H groups in total. The molecule has 2 nitrogen and oxygen atoms in total. The zero-order valence-electron chi connectivity index (χ0n) is 9.84. The van der Waals surface area contributed by atoms with E-state index in [-0.39, 0.29) is 6.61 Å². The summed E-state index contributed by atoms with van der Waals surface area (Å²) in [5.74, 6) is 0.977. The lowest BCUT2D eigenvalue weighted by atomic mass is 9.99. The minimum Gasteiger partial charge on any atom is -0.496 e. The van der Waals surface area contributed by atoms with Gasteiger partial charge in [0.1, 0.15) is 5.75 Å². The quantitative estimate of drug-likeness (QED) is 0.754.